The van der Waals surface area contributed by atoms with Crippen molar-refractivity contribution in [3.05, 3.63) is 29.8 Å². The molecule has 7 heteroatoms. The Bertz CT molecular complexity index is 765. The first kappa shape index (κ1) is 17.0. The summed E-state index contributed by atoms with van der Waals surface area (Å²) in [6, 6.07) is 6.14. The number of hydrogen-bond donors (Lipinski definition) is 1. The Morgan fingerprint density at radius 2 is 1.83 bits per heavy atom. The minimum absolute atomic E-state index is 0.0100. The molecule has 0 bridgehead atoms. The molecule has 1 fully saturated rings. The lowest BCUT2D eigenvalue weighted by atomic mass is 10.0. The summed E-state index contributed by atoms with van der Waals surface area (Å²) in [6.07, 6.45) is 3.18. The predicted molar refractivity (Wildman–Crippen MR) is 92.4 cm³/mol. The minimum atomic E-state index is -3.58. The molecule has 1 saturated heterocycles. The number of fused-ring (bicyclic) bond motifs is 1. The van der Waals surface area contributed by atoms with E-state index in [1.807, 2.05) is 18.7 Å². The number of nitrogens with one attached hydrogen (secondary N) is 1. The van der Waals surface area contributed by atoms with Crippen molar-refractivity contribution in [1.82, 2.24) is 9.62 Å². The lowest BCUT2D eigenvalue weighted by Gasteiger charge is -2.30. The first-order valence-electron chi connectivity index (χ1n) is 8.39. The van der Waals surface area contributed by atoms with E-state index in [4.69, 9.17) is 0 Å². The molecule has 0 aliphatic carbocycles. The summed E-state index contributed by atoms with van der Waals surface area (Å²) in [7, 11) is -3.58. The number of carbonyl (C=O) groups is 1. The van der Waals surface area contributed by atoms with Crippen molar-refractivity contribution in [2.45, 2.75) is 44.0 Å². The Morgan fingerprint density at radius 3 is 2.50 bits per heavy atom. The van der Waals surface area contributed by atoms with Gasteiger partial charge < -0.3 is 4.90 Å². The topological polar surface area (TPSA) is 78.8 Å². The molecule has 1 amide bonds. The summed E-state index contributed by atoms with van der Waals surface area (Å²) in [6.45, 7) is 5.39. The Hall–Kier alpha value is -1.89. The van der Waals surface area contributed by atoms with Crippen molar-refractivity contribution < 1.29 is 13.2 Å². The lowest BCUT2D eigenvalue weighted by molar-refractivity contribution is -0.134. The fourth-order valence-corrected chi connectivity index (χ4v) is 4.40. The quantitative estimate of drug-likeness (QED) is 0.903. The number of aliphatic imine (C=N–C) groups is 1. The van der Waals surface area contributed by atoms with Gasteiger partial charge >= 0.3 is 0 Å². The number of benzene rings is 1. The number of amidine groups is 1. The Morgan fingerprint density at radius 1 is 1.17 bits per heavy atom. The molecule has 2 heterocycles. The van der Waals surface area contributed by atoms with E-state index in [0.29, 0.717) is 5.56 Å². The maximum atomic E-state index is 12.8. The van der Waals surface area contributed by atoms with Crippen molar-refractivity contribution in [3.8, 4) is 0 Å². The molecule has 1 unspecified atom stereocenters. The van der Waals surface area contributed by atoms with Gasteiger partial charge in [-0.05, 0) is 37.3 Å². The monoisotopic (exact) mass is 349 g/mol. The van der Waals surface area contributed by atoms with Gasteiger partial charge in [-0.1, -0.05) is 26.0 Å². The van der Waals surface area contributed by atoms with Crippen LogP contribution in [0.4, 0.5) is 0 Å². The summed E-state index contributed by atoms with van der Waals surface area (Å²) >= 11 is 0. The molecule has 0 aromatic heterocycles. The summed E-state index contributed by atoms with van der Waals surface area (Å²) in [5.41, 5.74) is 0.537. The molecule has 0 radical (unpaired) electrons. The van der Waals surface area contributed by atoms with Crippen molar-refractivity contribution in [2.75, 3.05) is 13.1 Å². The second kappa shape index (κ2) is 6.55. The number of carbonyl (C=O) groups excluding carboxylic acids is 1. The van der Waals surface area contributed by atoms with Gasteiger partial charge in [0.05, 0.1) is 4.90 Å². The molecule has 1 aromatic carbocycles. The van der Waals surface area contributed by atoms with Crippen LogP contribution in [0.15, 0.2) is 34.2 Å². The summed E-state index contributed by atoms with van der Waals surface area (Å²) < 4.78 is 26.9. The molecule has 0 saturated carbocycles. The zero-order valence-corrected chi connectivity index (χ0v) is 14.8. The van der Waals surface area contributed by atoms with Crippen LogP contribution in [0.2, 0.25) is 0 Å². The number of likely N-dealkylation sites (tertiary alicyclic amines) is 1. The Balaban J connectivity index is 1.94. The number of amides is 1. The van der Waals surface area contributed by atoms with Crippen LogP contribution >= 0.6 is 0 Å². The third-order valence-electron chi connectivity index (χ3n) is 4.48. The number of nitrogens with zero attached hydrogens (tertiary/aromatic N) is 2. The van der Waals surface area contributed by atoms with Gasteiger partial charge in [-0.2, -0.15) is 0 Å². The van der Waals surface area contributed by atoms with E-state index < -0.39 is 16.1 Å². The van der Waals surface area contributed by atoms with E-state index in [1.165, 1.54) is 0 Å². The van der Waals surface area contributed by atoms with Gasteiger partial charge in [0.15, 0.2) is 0 Å². The van der Waals surface area contributed by atoms with Crippen LogP contribution in [0.1, 0.15) is 38.7 Å². The van der Waals surface area contributed by atoms with Crippen molar-refractivity contribution >= 4 is 21.8 Å². The number of sulfonamides is 1. The maximum absolute atomic E-state index is 12.8. The number of piperidine rings is 1. The molecule has 3 rings (SSSR count). The Labute approximate surface area is 143 Å². The summed E-state index contributed by atoms with van der Waals surface area (Å²) in [4.78, 5) is 19.4. The zero-order chi connectivity index (χ0) is 17.3. The van der Waals surface area contributed by atoms with E-state index >= 15 is 0 Å². The fraction of sp³-hybridized carbons (Fsp3) is 0.529. The Kier molecular flexibility index (Phi) is 4.62. The van der Waals surface area contributed by atoms with E-state index in [-0.39, 0.29) is 22.6 Å². The molecule has 0 spiro atoms. The highest BCUT2D eigenvalue weighted by Gasteiger charge is 2.34. The van der Waals surface area contributed by atoms with Crippen LogP contribution in [-0.4, -0.2) is 44.2 Å². The van der Waals surface area contributed by atoms with E-state index in [0.717, 1.165) is 32.4 Å². The highest BCUT2D eigenvalue weighted by molar-refractivity contribution is 7.90. The second-order valence-corrected chi connectivity index (χ2v) is 8.30. The van der Waals surface area contributed by atoms with E-state index in [9.17, 15) is 13.2 Å². The smallest absolute Gasteiger partial charge is 0.263 e. The van der Waals surface area contributed by atoms with E-state index in [1.54, 1.807) is 24.3 Å². The SMILES string of the molecule is CC(C)C(N=C1NS(=O)(=O)c2ccccc21)C(=O)N1CCCCC1. The van der Waals surface area contributed by atoms with Gasteiger partial charge in [0, 0.05) is 18.7 Å². The average molecular weight is 349 g/mol. The highest BCUT2D eigenvalue weighted by atomic mass is 32.2. The minimum Gasteiger partial charge on any atom is -0.341 e. The molecule has 6 nitrogen and oxygen atoms in total. The maximum Gasteiger partial charge on any atom is 0.263 e. The predicted octanol–water partition coefficient (Wildman–Crippen LogP) is 1.76. The second-order valence-electron chi connectivity index (χ2n) is 6.65. The normalized spacial score (nSPS) is 22.3. The van der Waals surface area contributed by atoms with Crippen LogP contribution in [0.25, 0.3) is 0 Å². The standard InChI is InChI=1S/C17H23N3O3S/c1-12(2)15(17(21)20-10-6-3-7-11-20)18-16-13-8-4-5-9-14(13)24(22,23)19-16/h4-5,8-9,12,15H,3,6-7,10-11H2,1-2H3,(H,18,19). The summed E-state index contributed by atoms with van der Waals surface area (Å²) in [5, 5.41) is 0. The molecule has 1 aromatic rings. The molecule has 1 atom stereocenters. The third kappa shape index (κ3) is 3.17. The molecule has 24 heavy (non-hydrogen) atoms. The first-order valence-corrected chi connectivity index (χ1v) is 9.87. The van der Waals surface area contributed by atoms with Crippen LogP contribution in [0.3, 0.4) is 0 Å². The molecular formula is C17H23N3O3S. The first-order chi connectivity index (χ1) is 11.4. The van der Waals surface area contributed by atoms with Crippen LogP contribution in [0, 0.1) is 5.92 Å². The number of hydrogen-bond acceptors (Lipinski definition) is 4. The van der Waals surface area contributed by atoms with Gasteiger partial charge in [-0.15, -0.1) is 0 Å². The van der Waals surface area contributed by atoms with Gasteiger partial charge in [0.2, 0.25) is 5.91 Å². The molecule has 2 aliphatic heterocycles. The third-order valence-corrected chi connectivity index (χ3v) is 5.88. The molecular weight excluding hydrogens is 326 g/mol. The average Bonchev–Trinajstić information content (AvgIpc) is 2.84. The van der Waals surface area contributed by atoms with Crippen molar-refractivity contribution in [2.24, 2.45) is 10.9 Å². The number of rotatable bonds is 3. The molecule has 2 aliphatic rings. The molecule has 1 N–H and O–H groups in total. The fourth-order valence-electron chi connectivity index (χ4n) is 3.16. The van der Waals surface area contributed by atoms with Gasteiger partial charge in [-0.25, -0.2) is 8.42 Å². The largest absolute Gasteiger partial charge is 0.341 e. The van der Waals surface area contributed by atoms with Crippen molar-refractivity contribution in [3.63, 3.8) is 0 Å². The molecule has 130 valence electrons. The van der Waals surface area contributed by atoms with E-state index in [2.05, 4.69) is 9.71 Å². The van der Waals surface area contributed by atoms with Crippen LogP contribution in [0.5, 0.6) is 0 Å². The zero-order valence-electron chi connectivity index (χ0n) is 14.0. The van der Waals surface area contributed by atoms with Gasteiger partial charge in [0.25, 0.3) is 10.0 Å². The lowest BCUT2D eigenvalue weighted by Crippen LogP contribution is -2.44. The van der Waals surface area contributed by atoms with Gasteiger partial charge in [0.1, 0.15) is 11.9 Å². The van der Waals surface area contributed by atoms with Gasteiger partial charge in [-0.3, -0.25) is 14.5 Å². The highest BCUT2D eigenvalue weighted by Crippen LogP contribution is 2.24. The summed E-state index contributed by atoms with van der Waals surface area (Å²) in [5.74, 6) is 0.250. The van der Waals surface area contributed by atoms with Crippen LogP contribution in [-0.2, 0) is 14.8 Å². The van der Waals surface area contributed by atoms with Crippen LogP contribution < -0.4 is 4.72 Å². The van der Waals surface area contributed by atoms with Crippen molar-refractivity contribution in [1.29, 1.82) is 0 Å².